The Morgan fingerprint density at radius 1 is 1.30 bits per heavy atom. The molecule has 0 aliphatic heterocycles. The van der Waals surface area contributed by atoms with E-state index in [0.29, 0.717) is 29.5 Å². The quantitative estimate of drug-likeness (QED) is 0.883. The van der Waals surface area contributed by atoms with Gasteiger partial charge in [0, 0.05) is 13.1 Å². The third-order valence-electron chi connectivity index (χ3n) is 3.77. The number of hydrogen-bond donors (Lipinski definition) is 1. The lowest BCUT2D eigenvalue weighted by Gasteiger charge is -2.19. The van der Waals surface area contributed by atoms with Gasteiger partial charge < -0.3 is 10.0 Å². The predicted octanol–water partition coefficient (Wildman–Crippen LogP) is 2.66. The number of aliphatic hydroxyl groups excluding tert-OH is 1. The molecule has 0 saturated heterocycles. The second kappa shape index (κ2) is 7.62. The number of nitrogens with zero attached hydrogens (tertiary/aromatic N) is 3. The lowest BCUT2D eigenvalue weighted by atomic mass is 10.1. The van der Waals surface area contributed by atoms with Gasteiger partial charge in [0.2, 0.25) is 0 Å². The zero-order valence-corrected chi connectivity index (χ0v) is 14.5. The Labute approximate surface area is 141 Å². The zero-order chi connectivity index (χ0) is 17.0. The Morgan fingerprint density at radius 2 is 1.96 bits per heavy atom. The van der Waals surface area contributed by atoms with Gasteiger partial charge >= 0.3 is 0 Å². The summed E-state index contributed by atoms with van der Waals surface area (Å²) < 4.78 is 1.64. The number of rotatable bonds is 6. The first-order chi connectivity index (χ1) is 11.0. The predicted molar refractivity (Wildman–Crippen MR) is 90.9 cm³/mol. The summed E-state index contributed by atoms with van der Waals surface area (Å²) in [6, 6.07) is 8.11. The molecule has 0 radical (unpaired) electrons. The summed E-state index contributed by atoms with van der Waals surface area (Å²) in [7, 11) is 0. The molecule has 5 nitrogen and oxygen atoms in total. The summed E-state index contributed by atoms with van der Waals surface area (Å²) in [5.74, 6) is -0.195. The molecule has 0 atom stereocenters. The van der Waals surface area contributed by atoms with E-state index in [1.165, 1.54) is 5.56 Å². The lowest BCUT2D eigenvalue weighted by molar-refractivity contribution is 0.0731. The van der Waals surface area contributed by atoms with Crippen LogP contribution in [-0.2, 0) is 6.54 Å². The van der Waals surface area contributed by atoms with E-state index in [4.69, 9.17) is 16.7 Å². The van der Waals surface area contributed by atoms with Crippen LogP contribution in [0.5, 0.6) is 0 Å². The van der Waals surface area contributed by atoms with Crippen molar-refractivity contribution in [1.82, 2.24) is 14.7 Å². The first-order valence-electron chi connectivity index (χ1n) is 7.66. The fourth-order valence-corrected chi connectivity index (χ4v) is 2.76. The molecule has 0 aliphatic rings. The van der Waals surface area contributed by atoms with Crippen LogP contribution in [0.15, 0.2) is 24.3 Å². The van der Waals surface area contributed by atoms with Crippen molar-refractivity contribution in [3.05, 3.63) is 51.8 Å². The van der Waals surface area contributed by atoms with Crippen LogP contribution in [0, 0.1) is 13.8 Å². The number of likely N-dealkylation sites (N-methyl/N-ethyl adjacent to an activating group) is 1. The first kappa shape index (κ1) is 17.5. The number of amides is 1. The molecule has 0 aliphatic carbocycles. The van der Waals surface area contributed by atoms with Gasteiger partial charge in [0.05, 0.1) is 24.4 Å². The van der Waals surface area contributed by atoms with Crippen molar-refractivity contribution in [2.75, 3.05) is 19.7 Å². The van der Waals surface area contributed by atoms with E-state index in [0.717, 1.165) is 5.56 Å². The van der Waals surface area contributed by atoms with Gasteiger partial charge in [0.15, 0.2) is 0 Å². The molecule has 124 valence electrons. The topological polar surface area (TPSA) is 58.4 Å². The monoisotopic (exact) mass is 335 g/mol. The average molecular weight is 336 g/mol. The highest BCUT2D eigenvalue weighted by atomic mass is 35.5. The molecule has 6 heteroatoms. The van der Waals surface area contributed by atoms with Crippen molar-refractivity contribution >= 4 is 17.5 Å². The molecular weight excluding hydrogens is 314 g/mol. The minimum atomic E-state index is -0.195. The highest BCUT2D eigenvalue weighted by Gasteiger charge is 2.24. The molecule has 2 aromatic rings. The molecule has 0 fully saturated rings. The first-order valence-corrected chi connectivity index (χ1v) is 8.04. The second-order valence-electron chi connectivity index (χ2n) is 5.50. The van der Waals surface area contributed by atoms with Crippen molar-refractivity contribution in [3.8, 4) is 0 Å². The standard InChI is InChI=1S/C17H22ClN3O2/c1-4-20(9-10-22)17(23)15-13(3)19-21(16(15)18)11-14-7-5-12(2)6-8-14/h5-8,22H,4,9-11H2,1-3H3. The maximum absolute atomic E-state index is 12.6. The molecule has 0 saturated carbocycles. The molecule has 1 N–H and O–H groups in total. The van der Waals surface area contributed by atoms with Gasteiger partial charge in [-0.1, -0.05) is 41.4 Å². The van der Waals surface area contributed by atoms with E-state index in [1.807, 2.05) is 38.1 Å². The van der Waals surface area contributed by atoms with Crippen molar-refractivity contribution in [2.24, 2.45) is 0 Å². The number of halogens is 1. The van der Waals surface area contributed by atoms with E-state index in [-0.39, 0.29) is 19.1 Å². The van der Waals surface area contributed by atoms with Crippen molar-refractivity contribution in [3.63, 3.8) is 0 Å². The van der Waals surface area contributed by atoms with Crippen LogP contribution in [0.4, 0.5) is 0 Å². The molecule has 0 unspecified atom stereocenters. The van der Waals surface area contributed by atoms with Crippen molar-refractivity contribution < 1.29 is 9.90 Å². The second-order valence-corrected chi connectivity index (χ2v) is 5.86. The minimum Gasteiger partial charge on any atom is -0.395 e. The van der Waals surface area contributed by atoms with E-state index in [1.54, 1.807) is 16.5 Å². The Morgan fingerprint density at radius 3 is 2.52 bits per heavy atom. The molecule has 2 rings (SSSR count). The maximum atomic E-state index is 12.6. The van der Waals surface area contributed by atoms with Gasteiger partial charge in [0.25, 0.3) is 5.91 Å². The average Bonchev–Trinajstić information content (AvgIpc) is 2.80. The van der Waals surface area contributed by atoms with Gasteiger partial charge in [-0.05, 0) is 26.3 Å². The summed E-state index contributed by atoms with van der Waals surface area (Å²) in [5.41, 5.74) is 3.27. The summed E-state index contributed by atoms with van der Waals surface area (Å²) in [6.07, 6.45) is 0. The summed E-state index contributed by atoms with van der Waals surface area (Å²) >= 11 is 6.40. The largest absolute Gasteiger partial charge is 0.395 e. The number of benzene rings is 1. The lowest BCUT2D eigenvalue weighted by Crippen LogP contribution is -2.33. The fraction of sp³-hybridized carbons (Fsp3) is 0.412. The molecule has 1 heterocycles. The van der Waals surface area contributed by atoms with Gasteiger partial charge in [-0.15, -0.1) is 0 Å². The van der Waals surface area contributed by atoms with Crippen LogP contribution >= 0.6 is 11.6 Å². The van der Waals surface area contributed by atoms with E-state index in [9.17, 15) is 4.79 Å². The van der Waals surface area contributed by atoms with Gasteiger partial charge in [-0.25, -0.2) is 4.68 Å². The summed E-state index contributed by atoms with van der Waals surface area (Å²) in [4.78, 5) is 14.2. The SMILES string of the molecule is CCN(CCO)C(=O)c1c(C)nn(Cc2ccc(C)cc2)c1Cl. The van der Waals surface area contributed by atoms with E-state index in [2.05, 4.69) is 5.10 Å². The van der Waals surface area contributed by atoms with Gasteiger partial charge in [0.1, 0.15) is 5.15 Å². The smallest absolute Gasteiger partial charge is 0.258 e. The van der Waals surface area contributed by atoms with Crippen LogP contribution in [0.2, 0.25) is 5.15 Å². The van der Waals surface area contributed by atoms with Crippen molar-refractivity contribution in [2.45, 2.75) is 27.3 Å². The molecule has 1 aromatic carbocycles. The Kier molecular flexibility index (Phi) is 5.80. The number of aryl methyl sites for hydroxylation is 2. The molecule has 23 heavy (non-hydrogen) atoms. The fourth-order valence-electron chi connectivity index (χ4n) is 2.45. The van der Waals surface area contributed by atoms with Crippen LogP contribution in [0.25, 0.3) is 0 Å². The van der Waals surface area contributed by atoms with Crippen LogP contribution < -0.4 is 0 Å². The van der Waals surface area contributed by atoms with Crippen LogP contribution in [0.1, 0.15) is 34.1 Å². The molecule has 0 spiro atoms. The molecule has 0 bridgehead atoms. The Balaban J connectivity index is 2.28. The highest BCUT2D eigenvalue weighted by Crippen LogP contribution is 2.22. The van der Waals surface area contributed by atoms with Gasteiger partial charge in [-0.3, -0.25) is 4.79 Å². The van der Waals surface area contributed by atoms with E-state index >= 15 is 0 Å². The molecule has 1 amide bonds. The number of aromatic nitrogens is 2. The van der Waals surface area contributed by atoms with Crippen LogP contribution in [-0.4, -0.2) is 45.4 Å². The van der Waals surface area contributed by atoms with Crippen LogP contribution in [0.3, 0.4) is 0 Å². The Hall–Kier alpha value is -1.85. The number of hydrogen-bond acceptors (Lipinski definition) is 3. The third kappa shape index (κ3) is 3.92. The highest BCUT2D eigenvalue weighted by molar-refractivity contribution is 6.33. The zero-order valence-electron chi connectivity index (χ0n) is 13.7. The maximum Gasteiger partial charge on any atom is 0.258 e. The number of carbonyl (C=O) groups is 1. The molecule has 1 aromatic heterocycles. The number of carbonyl (C=O) groups excluding carboxylic acids is 1. The summed E-state index contributed by atoms with van der Waals surface area (Å²) in [5, 5.41) is 13.8. The normalized spacial score (nSPS) is 10.8. The third-order valence-corrected chi connectivity index (χ3v) is 4.16. The number of aliphatic hydroxyl groups is 1. The Bertz CT molecular complexity index is 680. The van der Waals surface area contributed by atoms with Crippen molar-refractivity contribution in [1.29, 1.82) is 0 Å². The minimum absolute atomic E-state index is 0.0756. The van der Waals surface area contributed by atoms with Gasteiger partial charge in [-0.2, -0.15) is 5.10 Å². The molecular formula is C17H22ClN3O2. The summed E-state index contributed by atoms with van der Waals surface area (Å²) in [6.45, 7) is 6.91. The van der Waals surface area contributed by atoms with E-state index < -0.39 is 0 Å².